The van der Waals surface area contributed by atoms with E-state index in [-0.39, 0.29) is 6.10 Å². The van der Waals surface area contributed by atoms with E-state index in [4.69, 9.17) is 4.74 Å². The van der Waals surface area contributed by atoms with Gasteiger partial charge in [-0.15, -0.1) is 0 Å². The number of hydrogen-bond acceptors (Lipinski definition) is 5. The van der Waals surface area contributed by atoms with Crippen molar-refractivity contribution >= 4 is 5.82 Å². The van der Waals surface area contributed by atoms with E-state index in [2.05, 4.69) is 20.2 Å². The Morgan fingerprint density at radius 3 is 3.06 bits per heavy atom. The summed E-state index contributed by atoms with van der Waals surface area (Å²) in [5.41, 5.74) is 0. The molecular weight excluding hydrogens is 228 g/mol. The smallest absolute Gasteiger partial charge is 0.234 e. The molecule has 0 radical (unpaired) electrons. The van der Waals surface area contributed by atoms with Gasteiger partial charge in [-0.05, 0) is 33.7 Å². The van der Waals surface area contributed by atoms with Crippen LogP contribution in [-0.2, 0) is 0 Å². The first-order chi connectivity index (χ1) is 8.70. The maximum atomic E-state index is 5.59. The lowest BCUT2D eigenvalue weighted by Gasteiger charge is -2.25. The summed E-state index contributed by atoms with van der Waals surface area (Å²) < 4.78 is 5.59. The molecule has 18 heavy (non-hydrogen) atoms. The molecule has 1 aromatic heterocycles. The van der Waals surface area contributed by atoms with Gasteiger partial charge < -0.3 is 15.0 Å². The van der Waals surface area contributed by atoms with Crippen molar-refractivity contribution < 1.29 is 4.74 Å². The number of likely N-dealkylation sites (N-methyl/N-ethyl adjacent to an activating group) is 1. The summed E-state index contributed by atoms with van der Waals surface area (Å²) in [7, 11) is 1.99. The zero-order valence-electron chi connectivity index (χ0n) is 11.4. The average Bonchev–Trinajstić information content (AvgIpc) is 2.77. The molecule has 1 aliphatic heterocycles. The third kappa shape index (κ3) is 3.10. The predicted molar refractivity (Wildman–Crippen MR) is 72.1 cm³/mol. The minimum Gasteiger partial charge on any atom is -0.474 e. The lowest BCUT2D eigenvalue weighted by atomic mass is 10.2. The van der Waals surface area contributed by atoms with Crippen molar-refractivity contribution in [1.82, 2.24) is 15.3 Å². The maximum Gasteiger partial charge on any atom is 0.234 e. The van der Waals surface area contributed by atoms with Crippen LogP contribution in [0.2, 0.25) is 0 Å². The molecule has 2 rings (SSSR count). The van der Waals surface area contributed by atoms with E-state index in [0.29, 0.717) is 11.9 Å². The molecule has 0 spiro atoms. The molecule has 5 nitrogen and oxygen atoms in total. The number of hydrogen-bond donors (Lipinski definition) is 1. The van der Waals surface area contributed by atoms with E-state index in [1.54, 1.807) is 6.20 Å². The van der Waals surface area contributed by atoms with Crippen LogP contribution in [0, 0.1) is 0 Å². The highest BCUT2D eigenvalue weighted by atomic mass is 16.5. The molecule has 0 amide bonds. The number of nitrogens with one attached hydrogen (secondary N) is 1. The van der Waals surface area contributed by atoms with E-state index in [0.717, 1.165) is 18.9 Å². The molecule has 0 aromatic carbocycles. The van der Waals surface area contributed by atoms with Gasteiger partial charge in [-0.25, -0.2) is 0 Å². The Balaban J connectivity index is 2.12. The topological polar surface area (TPSA) is 50.3 Å². The van der Waals surface area contributed by atoms with Crippen molar-refractivity contribution in [1.29, 1.82) is 0 Å². The van der Waals surface area contributed by atoms with Crippen molar-refractivity contribution in [2.45, 2.75) is 38.8 Å². The Labute approximate surface area is 109 Å². The lowest BCUT2D eigenvalue weighted by molar-refractivity contribution is 0.231. The van der Waals surface area contributed by atoms with Gasteiger partial charge in [0.05, 0.1) is 18.5 Å². The van der Waals surface area contributed by atoms with E-state index in [1.807, 2.05) is 27.1 Å². The summed E-state index contributed by atoms with van der Waals surface area (Å²) >= 11 is 0. The third-order valence-corrected chi connectivity index (χ3v) is 3.07. The van der Waals surface area contributed by atoms with Crippen molar-refractivity contribution in [3.8, 4) is 5.88 Å². The van der Waals surface area contributed by atoms with Crippen LogP contribution in [0.4, 0.5) is 5.82 Å². The van der Waals surface area contributed by atoms with Gasteiger partial charge in [-0.2, -0.15) is 4.98 Å². The lowest BCUT2D eigenvalue weighted by Crippen LogP contribution is -2.37. The molecule has 0 bridgehead atoms. The summed E-state index contributed by atoms with van der Waals surface area (Å²) in [5, 5.41) is 3.24. The van der Waals surface area contributed by atoms with Gasteiger partial charge in [0.15, 0.2) is 5.82 Å². The monoisotopic (exact) mass is 250 g/mol. The molecule has 0 saturated carbocycles. The highest BCUT2D eigenvalue weighted by Crippen LogP contribution is 2.24. The average molecular weight is 250 g/mol. The van der Waals surface area contributed by atoms with Gasteiger partial charge in [0.2, 0.25) is 5.88 Å². The molecule has 0 aliphatic carbocycles. The Morgan fingerprint density at radius 2 is 2.33 bits per heavy atom. The minimum absolute atomic E-state index is 0.126. The molecule has 5 heteroatoms. The summed E-state index contributed by atoms with van der Waals surface area (Å²) in [6.45, 7) is 6.02. The summed E-state index contributed by atoms with van der Waals surface area (Å²) in [6.07, 6.45) is 6.04. The van der Waals surface area contributed by atoms with Crippen LogP contribution in [0.1, 0.15) is 26.7 Å². The third-order valence-electron chi connectivity index (χ3n) is 3.07. The number of nitrogens with zero attached hydrogens (tertiary/aromatic N) is 3. The zero-order valence-corrected chi connectivity index (χ0v) is 11.4. The van der Waals surface area contributed by atoms with Crippen LogP contribution < -0.4 is 15.0 Å². The van der Waals surface area contributed by atoms with E-state index in [9.17, 15) is 0 Å². The second kappa shape index (κ2) is 6.00. The van der Waals surface area contributed by atoms with Crippen LogP contribution in [0.15, 0.2) is 12.4 Å². The first kappa shape index (κ1) is 13.1. The molecule has 1 atom stereocenters. The van der Waals surface area contributed by atoms with Crippen LogP contribution in [0.25, 0.3) is 0 Å². The highest BCUT2D eigenvalue weighted by molar-refractivity contribution is 5.40. The van der Waals surface area contributed by atoms with E-state index < -0.39 is 0 Å². The van der Waals surface area contributed by atoms with Crippen LogP contribution in [0.5, 0.6) is 5.88 Å². The van der Waals surface area contributed by atoms with E-state index in [1.165, 1.54) is 12.8 Å². The number of aromatic nitrogens is 2. The van der Waals surface area contributed by atoms with Crippen molar-refractivity contribution in [3.05, 3.63) is 12.4 Å². The number of anilines is 1. The van der Waals surface area contributed by atoms with Gasteiger partial charge in [0, 0.05) is 19.1 Å². The molecule has 1 aromatic rings. The van der Waals surface area contributed by atoms with Gasteiger partial charge in [0.1, 0.15) is 0 Å². The fourth-order valence-electron chi connectivity index (χ4n) is 2.36. The zero-order chi connectivity index (χ0) is 13.0. The first-order valence-electron chi connectivity index (χ1n) is 6.60. The Morgan fingerprint density at radius 1 is 1.50 bits per heavy atom. The molecule has 1 N–H and O–H groups in total. The quantitative estimate of drug-likeness (QED) is 0.857. The number of rotatable bonds is 5. The second-order valence-electron chi connectivity index (χ2n) is 4.93. The van der Waals surface area contributed by atoms with Gasteiger partial charge in [0.25, 0.3) is 0 Å². The van der Waals surface area contributed by atoms with Crippen LogP contribution >= 0.6 is 0 Å². The van der Waals surface area contributed by atoms with Gasteiger partial charge in [-0.3, -0.25) is 4.98 Å². The highest BCUT2D eigenvalue weighted by Gasteiger charge is 2.25. The largest absolute Gasteiger partial charge is 0.474 e. The van der Waals surface area contributed by atoms with Crippen molar-refractivity contribution in [2.24, 2.45) is 0 Å². The van der Waals surface area contributed by atoms with Gasteiger partial charge >= 0.3 is 0 Å². The second-order valence-corrected chi connectivity index (χ2v) is 4.93. The molecule has 1 aliphatic rings. The normalized spacial score (nSPS) is 19.6. The molecule has 1 saturated heterocycles. The Bertz CT molecular complexity index is 383. The molecule has 2 heterocycles. The fraction of sp³-hybridized carbons (Fsp3) is 0.692. The maximum absolute atomic E-state index is 5.59. The van der Waals surface area contributed by atoms with Crippen molar-refractivity contribution in [2.75, 3.05) is 25.0 Å². The van der Waals surface area contributed by atoms with Gasteiger partial charge in [-0.1, -0.05) is 0 Å². The first-order valence-corrected chi connectivity index (χ1v) is 6.60. The number of ether oxygens (including phenoxy) is 1. The minimum atomic E-state index is 0.126. The predicted octanol–water partition coefficient (Wildman–Crippen LogP) is 1.45. The SMILES string of the molecule is CNCC1CCCN1c1cncc(OC(C)C)n1. The summed E-state index contributed by atoms with van der Waals surface area (Å²) in [4.78, 5) is 11.1. The molecular formula is C13H22N4O. The van der Waals surface area contributed by atoms with Crippen LogP contribution in [-0.4, -0.2) is 42.3 Å². The Hall–Kier alpha value is -1.36. The fourth-order valence-corrected chi connectivity index (χ4v) is 2.36. The molecule has 1 unspecified atom stereocenters. The molecule has 1 fully saturated rings. The summed E-state index contributed by atoms with van der Waals surface area (Å²) in [6, 6.07) is 0.513. The Kier molecular flexibility index (Phi) is 4.36. The van der Waals surface area contributed by atoms with Crippen LogP contribution in [0.3, 0.4) is 0 Å². The summed E-state index contributed by atoms with van der Waals surface area (Å²) in [5.74, 6) is 1.53. The van der Waals surface area contributed by atoms with Crippen molar-refractivity contribution in [3.63, 3.8) is 0 Å². The van der Waals surface area contributed by atoms with E-state index >= 15 is 0 Å². The standard InChI is InChI=1S/C13H22N4O/c1-10(2)18-13-9-15-8-12(16-13)17-6-4-5-11(17)7-14-3/h8-11,14H,4-7H2,1-3H3. The molecule has 100 valence electrons.